The molecule has 2 atom stereocenters. The van der Waals surface area contributed by atoms with Crippen LogP contribution in [0.1, 0.15) is 64.3 Å². The molecule has 0 aliphatic carbocycles. The van der Waals surface area contributed by atoms with E-state index in [0.717, 1.165) is 64.5 Å². The topological polar surface area (TPSA) is 117 Å². The lowest BCUT2D eigenvalue weighted by molar-refractivity contribution is 0.0126. The number of H-pyrrole nitrogens is 2. The van der Waals surface area contributed by atoms with Crippen molar-refractivity contribution in [1.82, 2.24) is 30.6 Å². The largest absolute Gasteiger partial charge is 0.444 e. The molecule has 0 aliphatic heterocycles. The Morgan fingerprint density at radius 1 is 0.826 bits per heavy atom. The Kier molecular flexibility index (Phi) is 10.7. The van der Waals surface area contributed by atoms with Gasteiger partial charge in [-0.15, -0.1) is 0 Å². The molecule has 0 saturated heterocycles. The minimum Gasteiger partial charge on any atom is -0.444 e. The molecule has 9 heteroatoms. The number of carbonyl (C=O) groups excluding carboxylic acids is 1. The average molecular weight is 621 g/mol. The molecule has 0 fully saturated rings. The quantitative estimate of drug-likeness (QED) is 0.0998. The normalized spacial score (nSPS) is 12.9. The summed E-state index contributed by atoms with van der Waals surface area (Å²) < 4.78 is 11.7. The summed E-state index contributed by atoms with van der Waals surface area (Å²) in [6, 6.07) is 26.2. The number of hydrogen-bond donors (Lipinski definition) is 4. The van der Waals surface area contributed by atoms with E-state index in [1.165, 1.54) is 0 Å². The molecular formula is C37H44N6O3. The van der Waals surface area contributed by atoms with Crippen LogP contribution in [-0.4, -0.2) is 44.3 Å². The lowest BCUT2D eigenvalue weighted by atomic mass is 10.0. The van der Waals surface area contributed by atoms with Crippen LogP contribution in [0.25, 0.3) is 33.6 Å². The van der Waals surface area contributed by atoms with Gasteiger partial charge < -0.3 is 30.1 Å². The van der Waals surface area contributed by atoms with Gasteiger partial charge in [-0.1, -0.05) is 85.8 Å². The Morgan fingerprint density at radius 3 is 2.02 bits per heavy atom. The molecule has 9 nitrogen and oxygen atoms in total. The van der Waals surface area contributed by atoms with Gasteiger partial charge in [0.2, 0.25) is 0 Å². The van der Waals surface area contributed by atoms with Crippen LogP contribution in [0.4, 0.5) is 4.79 Å². The van der Waals surface area contributed by atoms with Crippen LogP contribution in [0, 0.1) is 0 Å². The second-order valence-electron chi connectivity index (χ2n) is 12.4. The Morgan fingerprint density at radius 2 is 1.41 bits per heavy atom. The van der Waals surface area contributed by atoms with Crippen LogP contribution in [-0.2, 0) is 22.6 Å². The number of hydrogen-bond acceptors (Lipinski definition) is 6. The van der Waals surface area contributed by atoms with Gasteiger partial charge in [-0.05, 0) is 68.5 Å². The third-order valence-electron chi connectivity index (χ3n) is 7.46. The summed E-state index contributed by atoms with van der Waals surface area (Å²) in [5.74, 6) is 1.52. The molecule has 1 amide bonds. The highest BCUT2D eigenvalue weighted by molar-refractivity contribution is 5.72. The number of alkyl carbamates (subject to hydrolysis) is 1. The van der Waals surface area contributed by atoms with E-state index in [2.05, 4.69) is 86.0 Å². The van der Waals surface area contributed by atoms with Gasteiger partial charge in [0.15, 0.2) is 0 Å². The van der Waals surface area contributed by atoms with E-state index in [4.69, 9.17) is 9.47 Å². The predicted molar refractivity (Wildman–Crippen MR) is 182 cm³/mol. The van der Waals surface area contributed by atoms with Gasteiger partial charge in [0.25, 0.3) is 0 Å². The van der Waals surface area contributed by atoms with Gasteiger partial charge in [-0.2, -0.15) is 0 Å². The van der Waals surface area contributed by atoms with Crippen molar-refractivity contribution in [3.63, 3.8) is 0 Å². The van der Waals surface area contributed by atoms with Crippen LogP contribution in [0.15, 0.2) is 91.3 Å². The van der Waals surface area contributed by atoms with Crippen LogP contribution >= 0.6 is 0 Å². The number of rotatable bonds is 13. The van der Waals surface area contributed by atoms with Gasteiger partial charge in [0.1, 0.15) is 23.3 Å². The third-order valence-corrected chi connectivity index (χ3v) is 7.46. The second-order valence-corrected chi connectivity index (χ2v) is 12.4. The van der Waals surface area contributed by atoms with Crippen LogP contribution < -0.4 is 10.6 Å². The fraction of sp³-hybridized carbons (Fsp3) is 0.324. The summed E-state index contributed by atoms with van der Waals surface area (Å²) >= 11 is 0. The van der Waals surface area contributed by atoms with E-state index < -0.39 is 17.7 Å². The van der Waals surface area contributed by atoms with Crippen molar-refractivity contribution in [3.05, 3.63) is 108 Å². The lowest BCUT2D eigenvalue weighted by Gasteiger charge is -2.26. The molecule has 240 valence electrons. The van der Waals surface area contributed by atoms with Gasteiger partial charge in [0.05, 0.1) is 43.0 Å². The molecule has 0 radical (unpaired) electrons. The lowest BCUT2D eigenvalue weighted by Crippen LogP contribution is -2.40. The molecule has 2 heterocycles. The predicted octanol–water partition coefficient (Wildman–Crippen LogP) is 7.80. The minimum atomic E-state index is -0.632. The highest BCUT2D eigenvalue weighted by Gasteiger charge is 2.28. The number of nitrogens with zero attached hydrogens (tertiary/aromatic N) is 2. The average Bonchev–Trinajstić information content (AvgIpc) is 3.73. The van der Waals surface area contributed by atoms with Crippen molar-refractivity contribution >= 4 is 6.09 Å². The highest BCUT2D eigenvalue weighted by atomic mass is 16.6. The molecule has 0 unspecified atom stereocenters. The number of ether oxygens (including phenoxy) is 2. The summed E-state index contributed by atoms with van der Waals surface area (Å²) in [4.78, 5) is 28.7. The van der Waals surface area contributed by atoms with Crippen molar-refractivity contribution < 1.29 is 14.3 Å². The maximum atomic E-state index is 12.8. The zero-order chi connectivity index (χ0) is 32.5. The van der Waals surface area contributed by atoms with E-state index in [1.807, 2.05) is 64.2 Å². The maximum absolute atomic E-state index is 12.8. The van der Waals surface area contributed by atoms with Crippen LogP contribution in [0.2, 0.25) is 0 Å². The summed E-state index contributed by atoms with van der Waals surface area (Å²) in [7, 11) is 0. The standard InChI is InChI=1S/C37H44N6O3/c1-6-20-38-23-33-39-21-31(41-33)29-16-12-27(13-17-29)28-14-18-30(19-15-28)32-22-40-35(42-32)34(43-36(44)46-37(3,4)5)25(2)45-24-26-10-8-7-9-11-26/h7-19,21-22,25,34,38H,6,20,23-24H2,1-5H3,(H,39,41)(H,40,42)(H,43,44)/t25-,34+/m1/s1. The molecular weight excluding hydrogens is 576 g/mol. The Balaban J connectivity index is 1.27. The Bertz CT molecular complexity index is 1670. The van der Waals surface area contributed by atoms with Gasteiger partial charge >= 0.3 is 6.09 Å². The van der Waals surface area contributed by atoms with E-state index in [0.29, 0.717) is 12.4 Å². The van der Waals surface area contributed by atoms with Gasteiger partial charge in [0, 0.05) is 0 Å². The number of imidazole rings is 2. The number of carbonyl (C=O) groups is 1. The molecule has 46 heavy (non-hydrogen) atoms. The summed E-state index contributed by atoms with van der Waals surface area (Å²) in [6.07, 6.45) is 3.84. The molecule has 0 bridgehead atoms. The van der Waals surface area contributed by atoms with Crippen molar-refractivity contribution in [2.24, 2.45) is 0 Å². The molecule has 3 aromatic carbocycles. The first-order valence-electron chi connectivity index (χ1n) is 15.8. The third kappa shape index (κ3) is 8.93. The molecule has 0 aliphatic rings. The molecule has 5 aromatic rings. The SMILES string of the molecule is CCCNCc1ncc(-c2ccc(-c3ccc(-c4cnc([C@@H](NC(=O)OC(C)(C)C)[C@@H](C)OCc5ccccc5)[nH]4)cc3)cc2)[nH]1. The smallest absolute Gasteiger partial charge is 0.408 e. The monoisotopic (exact) mass is 620 g/mol. The first-order valence-corrected chi connectivity index (χ1v) is 15.8. The highest BCUT2D eigenvalue weighted by Crippen LogP contribution is 2.28. The maximum Gasteiger partial charge on any atom is 0.408 e. The van der Waals surface area contributed by atoms with E-state index in [9.17, 15) is 4.79 Å². The first kappa shape index (κ1) is 32.7. The Labute approximate surface area is 271 Å². The van der Waals surface area contributed by atoms with E-state index in [1.54, 1.807) is 6.20 Å². The molecule has 0 saturated carbocycles. The number of nitrogens with one attached hydrogen (secondary N) is 4. The number of benzene rings is 3. The van der Waals surface area contributed by atoms with Crippen molar-refractivity contribution in [2.75, 3.05) is 6.54 Å². The number of aromatic nitrogens is 4. The summed E-state index contributed by atoms with van der Waals surface area (Å²) in [5.41, 5.74) is 6.56. The molecule has 5 rings (SSSR count). The fourth-order valence-electron chi connectivity index (χ4n) is 5.05. The van der Waals surface area contributed by atoms with E-state index in [-0.39, 0.29) is 6.10 Å². The van der Waals surface area contributed by atoms with Crippen molar-refractivity contribution in [3.8, 4) is 33.6 Å². The molecule has 2 aromatic heterocycles. The number of amides is 1. The zero-order valence-electron chi connectivity index (χ0n) is 27.3. The first-order chi connectivity index (χ1) is 22.2. The second kappa shape index (κ2) is 15.0. The minimum absolute atomic E-state index is 0.386. The fourth-order valence-corrected chi connectivity index (χ4v) is 5.05. The summed E-state index contributed by atoms with van der Waals surface area (Å²) in [6.45, 7) is 11.7. The summed E-state index contributed by atoms with van der Waals surface area (Å²) in [5, 5.41) is 6.33. The Hall–Kier alpha value is -4.73. The van der Waals surface area contributed by atoms with Gasteiger partial charge in [-0.3, -0.25) is 0 Å². The molecule has 0 spiro atoms. The van der Waals surface area contributed by atoms with Crippen LogP contribution in [0.5, 0.6) is 0 Å². The van der Waals surface area contributed by atoms with Crippen molar-refractivity contribution in [2.45, 2.75) is 71.9 Å². The zero-order valence-corrected chi connectivity index (χ0v) is 27.3. The number of aromatic amines is 2. The van der Waals surface area contributed by atoms with E-state index >= 15 is 0 Å². The van der Waals surface area contributed by atoms with Crippen molar-refractivity contribution in [1.29, 1.82) is 0 Å². The van der Waals surface area contributed by atoms with Crippen LogP contribution in [0.3, 0.4) is 0 Å². The molecule has 4 N–H and O–H groups in total. The van der Waals surface area contributed by atoms with Gasteiger partial charge in [-0.25, -0.2) is 14.8 Å².